The summed E-state index contributed by atoms with van der Waals surface area (Å²) in [6.45, 7) is 1.66. The molecule has 6 nitrogen and oxygen atoms in total. The third-order valence-corrected chi connectivity index (χ3v) is 3.85. The quantitative estimate of drug-likeness (QED) is 0.746. The highest BCUT2D eigenvalue weighted by molar-refractivity contribution is 7.18. The molecule has 1 aromatic heterocycles. The predicted molar refractivity (Wildman–Crippen MR) is 67.3 cm³/mol. The molecule has 94 valence electrons. The van der Waals surface area contributed by atoms with Gasteiger partial charge in [-0.1, -0.05) is 11.3 Å². The van der Waals surface area contributed by atoms with Gasteiger partial charge in [-0.05, 0) is 12.8 Å². The van der Waals surface area contributed by atoms with E-state index in [0.29, 0.717) is 4.88 Å². The number of rotatable bonds is 2. The van der Waals surface area contributed by atoms with Gasteiger partial charge < -0.3 is 21.1 Å². The summed E-state index contributed by atoms with van der Waals surface area (Å²) < 4.78 is 4.65. The first-order valence-electron chi connectivity index (χ1n) is 5.47. The Morgan fingerprint density at radius 1 is 1.65 bits per heavy atom. The van der Waals surface area contributed by atoms with E-state index in [1.165, 1.54) is 18.4 Å². The second-order valence-electron chi connectivity index (χ2n) is 4.05. The molecule has 2 rings (SSSR count). The van der Waals surface area contributed by atoms with Crippen LogP contribution < -0.4 is 16.4 Å². The summed E-state index contributed by atoms with van der Waals surface area (Å²) in [5.41, 5.74) is 11.6. The van der Waals surface area contributed by atoms with Crippen molar-refractivity contribution in [3.63, 3.8) is 0 Å². The summed E-state index contributed by atoms with van der Waals surface area (Å²) in [7, 11) is 1.33. The largest absolute Gasteiger partial charge is 0.465 e. The number of nitrogens with two attached hydrogens (primary N) is 2. The van der Waals surface area contributed by atoms with E-state index in [1.54, 1.807) is 0 Å². The number of nitrogen functional groups attached to an aromatic ring is 1. The lowest BCUT2D eigenvalue weighted by Gasteiger charge is -2.30. The van der Waals surface area contributed by atoms with Crippen LogP contribution in [0.3, 0.4) is 0 Å². The van der Waals surface area contributed by atoms with E-state index >= 15 is 0 Å². The average Bonchev–Trinajstić information content (AvgIpc) is 2.70. The molecule has 1 aromatic rings. The number of esters is 1. The maximum atomic E-state index is 11.4. The van der Waals surface area contributed by atoms with Crippen LogP contribution in [-0.2, 0) is 4.74 Å². The van der Waals surface area contributed by atoms with Gasteiger partial charge in [0.25, 0.3) is 0 Å². The van der Waals surface area contributed by atoms with E-state index in [2.05, 4.69) is 14.6 Å². The molecule has 1 atom stereocenters. The summed E-state index contributed by atoms with van der Waals surface area (Å²) in [4.78, 5) is 18.1. The van der Waals surface area contributed by atoms with Crippen LogP contribution in [0.5, 0.6) is 0 Å². The van der Waals surface area contributed by atoms with Gasteiger partial charge in [0, 0.05) is 19.1 Å². The van der Waals surface area contributed by atoms with E-state index < -0.39 is 5.97 Å². The number of hydrogen-bond donors (Lipinski definition) is 2. The number of thiazole rings is 1. The summed E-state index contributed by atoms with van der Waals surface area (Å²) in [6, 6.07) is 0.162. The molecule has 0 radical (unpaired) electrons. The van der Waals surface area contributed by atoms with Crippen LogP contribution in [0, 0.1) is 0 Å². The Morgan fingerprint density at radius 2 is 2.41 bits per heavy atom. The third-order valence-electron chi connectivity index (χ3n) is 2.74. The zero-order valence-corrected chi connectivity index (χ0v) is 10.5. The number of ether oxygens (including phenoxy) is 1. The van der Waals surface area contributed by atoms with Crippen LogP contribution in [0.25, 0.3) is 0 Å². The lowest BCUT2D eigenvalue weighted by molar-refractivity contribution is 0.0607. The Hall–Kier alpha value is -1.34. The van der Waals surface area contributed by atoms with Crippen LogP contribution in [0.2, 0.25) is 0 Å². The van der Waals surface area contributed by atoms with Crippen molar-refractivity contribution in [3.8, 4) is 0 Å². The van der Waals surface area contributed by atoms with Crippen LogP contribution in [0.4, 0.5) is 10.9 Å². The number of anilines is 2. The third kappa shape index (κ3) is 2.50. The van der Waals surface area contributed by atoms with Gasteiger partial charge in [-0.15, -0.1) is 0 Å². The van der Waals surface area contributed by atoms with Gasteiger partial charge in [0.15, 0.2) is 15.8 Å². The van der Waals surface area contributed by atoms with Crippen LogP contribution in [0.1, 0.15) is 22.5 Å². The number of methoxy groups -OCH3 is 1. The Morgan fingerprint density at radius 3 is 3.06 bits per heavy atom. The molecule has 4 N–H and O–H groups in total. The molecular formula is C10H16N4O2S. The molecule has 1 saturated heterocycles. The average molecular weight is 256 g/mol. The first-order valence-corrected chi connectivity index (χ1v) is 6.28. The summed E-state index contributed by atoms with van der Waals surface area (Å²) in [5, 5.41) is 0.748. The molecule has 0 spiro atoms. The first kappa shape index (κ1) is 12.1. The van der Waals surface area contributed by atoms with E-state index in [4.69, 9.17) is 11.5 Å². The van der Waals surface area contributed by atoms with Crippen LogP contribution in [-0.4, -0.2) is 37.2 Å². The Balaban J connectivity index is 2.19. The summed E-state index contributed by atoms with van der Waals surface area (Å²) >= 11 is 1.26. The minimum atomic E-state index is -0.437. The predicted octanol–water partition coefficient (Wildman–Crippen LogP) is 0.439. The Kier molecular flexibility index (Phi) is 3.49. The highest BCUT2D eigenvalue weighted by Crippen LogP contribution is 2.30. The summed E-state index contributed by atoms with van der Waals surface area (Å²) in [6.07, 6.45) is 2.06. The van der Waals surface area contributed by atoms with E-state index in [9.17, 15) is 4.79 Å². The standard InChI is InChI=1S/C10H16N4O2S/c1-16-9(15)7-8(12)13-10(17-7)14-4-2-3-6(11)5-14/h6H,2-5,11-12H2,1H3/t6-/m1/s1. The van der Waals surface area contributed by atoms with Crippen molar-refractivity contribution < 1.29 is 9.53 Å². The van der Waals surface area contributed by atoms with Gasteiger partial charge in [-0.2, -0.15) is 0 Å². The fourth-order valence-corrected chi connectivity index (χ4v) is 2.82. The molecule has 1 fully saturated rings. The number of carbonyl (C=O) groups excluding carboxylic acids is 1. The van der Waals surface area contributed by atoms with Gasteiger partial charge >= 0.3 is 5.97 Å². The van der Waals surface area contributed by atoms with Gasteiger partial charge in [-0.3, -0.25) is 0 Å². The molecule has 0 bridgehead atoms. The number of aromatic nitrogens is 1. The van der Waals surface area contributed by atoms with E-state index in [1.807, 2.05) is 0 Å². The molecule has 7 heteroatoms. The van der Waals surface area contributed by atoms with Crippen molar-refractivity contribution in [1.82, 2.24) is 4.98 Å². The van der Waals surface area contributed by atoms with Gasteiger partial charge in [0.05, 0.1) is 7.11 Å². The lowest BCUT2D eigenvalue weighted by Crippen LogP contribution is -2.42. The Labute approximate surface area is 104 Å². The normalized spacial score (nSPS) is 20.4. The minimum absolute atomic E-state index is 0.162. The zero-order valence-electron chi connectivity index (χ0n) is 9.68. The van der Waals surface area contributed by atoms with Gasteiger partial charge in [-0.25, -0.2) is 9.78 Å². The molecule has 0 unspecified atom stereocenters. The van der Waals surface area contributed by atoms with Gasteiger partial charge in [0.2, 0.25) is 0 Å². The van der Waals surface area contributed by atoms with Crippen molar-refractivity contribution in [2.45, 2.75) is 18.9 Å². The highest BCUT2D eigenvalue weighted by atomic mass is 32.1. The Bertz CT molecular complexity index is 420. The van der Waals surface area contributed by atoms with Crippen molar-refractivity contribution in [2.75, 3.05) is 30.8 Å². The molecule has 1 aliphatic rings. The van der Waals surface area contributed by atoms with E-state index in [-0.39, 0.29) is 11.9 Å². The molecular weight excluding hydrogens is 240 g/mol. The van der Waals surface area contributed by atoms with Crippen molar-refractivity contribution >= 4 is 28.3 Å². The van der Waals surface area contributed by atoms with Crippen LogP contribution in [0.15, 0.2) is 0 Å². The molecule has 0 saturated carbocycles. The fourth-order valence-electron chi connectivity index (χ4n) is 1.88. The molecule has 2 heterocycles. The highest BCUT2D eigenvalue weighted by Gasteiger charge is 2.23. The molecule has 0 aromatic carbocycles. The number of piperidine rings is 1. The number of hydrogen-bond acceptors (Lipinski definition) is 7. The first-order chi connectivity index (χ1) is 8.11. The van der Waals surface area contributed by atoms with Crippen LogP contribution >= 0.6 is 11.3 Å². The topological polar surface area (TPSA) is 94.5 Å². The van der Waals surface area contributed by atoms with Crippen molar-refractivity contribution in [3.05, 3.63) is 4.88 Å². The maximum Gasteiger partial charge on any atom is 0.351 e. The maximum absolute atomic E-state index is 11.4. The molecule has 17 heavy (non-hydrogen) atoms. The van der Waals surface area contributed by atoms with Crippen molar-refractivity contribution in [1.29, 1.82) is 0 Å². The SMILES string of the molecule is COC(=O)c1sc(N2CCC[C@@H](N)C2)nc1N. The number of carbonyl (C=O) groups is 1. The van der Waals surface area contributed by atoms with Gasteiger partial charge in [0.1, 0.15) is 0 Å². The van der Waals surface area contributed by atoms with Crippen molar-refractivity contribution in [2.24, 2.45) is 5.73 Å². The molecule has 0 aliphatic carbocycles. The molecule has 1 aliphatic heterocycles. The zero-order chi connectivity index (χ0) is 12.4. The number of nitrogens with zero attached hydrogens (tertiary/aromatic N) is 2. The molecule has 0 amide bonds. The smallest absolute Gasteiger partial charge is 0.351 e. The summed E-state index contributed by atoms with van der Waals surface area (Å²) in [5.74, 6) is -0.205. The second kappa shape index (κ2) is 4.89. The monoisotopic (exact) mass is 256 g/mol. The minimum Gasteiger partial charge on any atom is -0.465 e. The fraction of sp³-hybridized carbons (Fsp3) is 0.600. The lowest BCUT2D eigenvalue weighted by atomic mass is 10.1. The van der Waals surface area contributed by atoms with E-state index in [0.717, 1.165) is 31.1 Å². The second-order valence-corrected chi connectivity index (χ2v) is 5.03.